The monoisotopic (exact) mass is 369 g/mol. The summed E-state index contributed by atoms with van der Waals surface area (Å²) in [5.74, 6) is 0.354. The Labute approximate surface area is 133 Å². The summed E-state index contributed by atoms with van der Waals surface area (Å²) in [4.78, 5) is 0.146. The molecule has 0 aliphatic carbocycles. The van der Waals surface area contributed by atoms with Crippen LogP contribution in [0.3, 0.4) is 0 Å². The Kier molecular flexibility index (Phi) is 4.90. The van der Waals surface area contributed by atoms with E-state index < -0.39 is 10.0 Å². The molecule has 1 N–H and O–H groups in total. The van der Waals surface area contributed by atoms with Crippen LogP contribution in [0.4, 0.5) is 5.69 Å². The predicted octanol–water partition coefficient (Wildman–Crippen LogP) is 3.96. The first-order valence-electron chi connectivity index (χ1n) is 6.44. The number of halogens is 1. The molecule has 0 bridgehead atoms. The van der Waals surface area contributed by atoms with E-state index in [0.717, 1.165) is 10.0 Å². The van der Waals surface area contributed by atoms with Crippen molar-refractivity contribution in [3.05, 3.63) is 52.5 Å². The Morgan fingerprint density at radius 1 is 1.14 bits per heavy atom. The number of hydrogen-bond donors (Lipinski definition) is 1. The molecule has 0 aliphatic rings. The summed E-state index contributed by atoms with van der Waals surface area (Å²) in [6.45, 7) is 4.07. The zero-order valence-electron chi connectivity index (χ0n) is 11.8. The molecular weight excluding hydrogens is 354 g/mol. The van der Waals surface area contributed by atoms with Crippen molar-refractivity contribution >= 4 is 31.6 Å². The van der Waals surface area contributed by atoms with Crippen LogP contribution >= 0.6 is 15.9 Å². The molecule has 0 fully saturated rings. The third-order valence-corrected chi connectivity index (χ3v) is 4.72. The second-order valence-electron chi connectivity index (χ2n) is 4.50. The third kappa shape index (κ3) is 3.98. The minimum Gasteiger partial charge on any atom is -0.492 e. The molecule has 0 heterocycles. The number of benzene rings is 2. The molecule has 2 rings (SSSR count). The van der Waals surface area contributed by atoms with Gasteiger partial charge < -0.3 is 4.74 Å². The van der Waals surface area contributed by atoms with Crippen molar-refractivity contribution in [2.24, 2.45) is 0 Å². The van der Waals surface area contributed by atoms with Crippen molar-refractivity contribution in [1.82, 2.24) is 0 Å². The second kappa shape index (κ2) is 6.49. The molecule has 0 radical (unpaired) electrons. The van der Waals surface area contributed by atoms with E-state index in [9.17, 15) is 8.42 Å². The van der Waals surface area contributed by atoms with Crippen LogP contribution in [0.15, 0.2) is 51.8 Å². The maximum atomic E-state index is 12.5. The van der Waals surface area contributed by atoms with Gasteiger partial charge in [0.2, 0.25) is 0 Å². The SMILES string of the molecule is CCOc1ccc(C)cc1S(=O)(=O)Nc1ccc(Br)cc1. The zero-order valence-corrected chi connectivity index (χ0v) is 14.2. The van der Waals surface area contributed by atoms with E-state index in [1.165, 1.54) is 0 Å². The normalized spacial score (nSPS) is 11.2. The molecule has 21 heavy (non-hydrogen) atoms. The summed E-state index contributed by atoms with van der Waals surface area (Å²) in [5.41, 5.74) is 1.36. The molecule has 0 saturated carbocycles. The van der Waals surface area contributed by atoms with Crippen LogP contribution in [0.25, 0.3) is 0 Å². The van der Waals surface area contributed by atoms with Gasteiger partial charge in [0.25, 0.3) is 10.0 Å². The van der Waals surface area contributed by atoms with E-state index in [1.807, 2.05) is 19.9 Å². The minimum absolute atomic E-state index is 0.146. The molecule has 0 spiro atoms. The van der Waals surface area contributed by atoms with E-state index >= 15 is 0 Å². The first kappa shape index (κ1) is 15.9. The Morgan fingerprint density at radius 2 is 1.81 bits per heavy atom. The largest absolute Gasteiger partial charge is 0.492 e. The van der Waals surface area contributed by atoms with Crippen molar-refractivity contribution in [3.8, 4) is 5.75 Å². The van der Waals surface area contributed by atoms with E-state index in [-0.39, 0.29) is 4.90 Å². The van der Waals surface area contributed by atoms with Crippen LogP contribution in [0.5, 0.6) is 5.75 Å². The quantitative estimate of drug-likeness (QED) is 0.867. The zero-order chi connectivity index (χ0) is 15.5. The van der Waals surface area contributed by atoms with Crippen molar-refractivity contribution < 1.29 is 13.2 Å². The molecule has 6 heteroatoms. The van der Waals surface area contributed by atoms with Gasteiger partial charge in [-0.3, -0.25) is 4.72 Å². The molecule has 0 unspecified atom stereocenters. The van der Waals surface area contributed by atoms with Crippen LogP contribution in [0, 0.1) is 6.92 Å². The first-order chi connectivity index (χ1) is 9.92. The molecule has 2 aromatic carbocycles. The predicted molar refractivity (Wildman–Crippen MR) is 87.3 cm³/mol. The average molecular weight is 370 g/mol. The highest BCUT2D eigenvalue weighted by atomic mass is 79.9. The highest BCUT2D eigenvalue weighted by Gasteiger charge is 2.20. The maximum Gasteiger partial charge on any atom is 0.265 e. The van der Waals surface area contributed by atoms with Gasteiger partial charge in [-0.05, 0) is 55.8 Å². The number of aryl methyl sites for hydroxylation is 1. The smallest absolute Gasteiger partial charge is 0.265 e. The standard InChI is InChI=1S/C15H16BrNO3S/c1-3-20-14-9-4-11(2)10-15(14)21(18,19)17-13-7-5-12(16)6-8-13/h4-10,17H,3H2,1-2H3. The first-order valence-corrected chi connectivity index (χ1v) is 8.72. The minimum atomic E-state index is -3.69. The van der Waals surface area contributed by atoms with Crippen molar-refractivity contribution in [2.75, 3.05) is 11.3 Å². The van der Waals surface area contributed by atoms with E-state index in [4.69, 9.17) is 4.74 Å². The highest BCUT2D eigenvalue weighted by molar-refractivity contribution is 9.10. The van der Waals surface area contributed by atoms with Crippen LogP contribution in [-0.2, 0) is 10.0 Å². The fourth-order valence-electron chi connectivity index (χ4n) is 1.83. The number of sulfonamides is 1. The Morgan fingerprint density at radius 3 is 2.43 bits per heavy atom. The lowest BCUT2D eigenvalue weighted by Gasteiger charge is -2.13. The van der Waals surface area contributed by atoms with Gasteiger partial charge in [-0.2, -0.15) is 0 Å². The molecule has 2 aromatic rings. The van der Waals surface area contributed by atoms with Gasteiger partial charge in [-0.25, -0.2) is 8.42 Å². The number of ether oxygens (including phenoxy) is 1. The Bertz CT molecular complexity index is 727. The lowest BCUT2D eigenvalue weighted by Crippen LogP contribution is -2.14. The lowest BCUT2D eigenvalue weighted by atomic mass is 10.2. The van der Waals surface area contributed by atoms with Gasteiger partial charge in [0.05, 0.1) is 6.61 Å². The van der Waals surface area contributed by atoms with E-state index in [0.29, 0.717) is 18.0 Å². The van der Waals surface area contributed by atoms with Gasteiger partial charge in [-0.1, -0.05) is 22.0 Å². The Balaban J connectivity index is 2.39. The number of rotatable bonds is 5. The van der Waals surface area contributed by atoms with Gasteiger partial charge >= 0.3 is 0 Å². The summed E-state index contributed by atoms with van der Waals surface area (Å²) in [6, 6.07) is 12.0. The molecule has 112 valence electrons. The number of hydrogen-bond acceptors (Lipinski definition) is 3. The number of anilines is 1. The maximum absolute atomic E-state index is 12.5. The van der Waals surface area contributed by atoms with Gasteiger partial charge in [0.15, 0.2) is 0 Å². The molecule has 0 amide bonds. The molecule has 4 nitrogen and oxygen atoms in total. The summed E-state index contributed by atoms with van der Waals surface area (Å²) in [5, 5.41) is 0. The van der Waals surface area contributed by atoms with Gasteiger partial charge in [0.1, 0.15) is 10.6 Å². The molecule has 0 atom stereocenters. The van der Waals surface area contributed by atoms with E-state index in [2.05, 4.69) is 20.7 Å². The van der Waals surface area contributed by atoms with Crippen LogP contribution in [0.2, 0.25) is 0 Å². The summed E-state index contributed by atoms with van der Waals surface area (Å²) >= 11 is 3.31. The summed E-state index contributed by atoms with van der Waals surface area (Å²) in [7, 11) is -3.69. The van der Waals surface area contributed by atoms with Crippen molar-refractivity contribution in [1.29, 1.82) is 0 Å². The van der Waals surface area contributed by atoms with Gasteiger partial charge in [0, 0.05) is 10.2 Å². The Hall–Kier alpha value is -1.53. The van der Waals surface area contributed by atoms with Crippen LogP contribution < -0.4 is 9.46 Å². The van der Waals surface area contributed by atoms with Crippen molar-refractivity contribution in [3.63, 3.8) is 0 Å². The second-order valence-corrected chi connectivity index (χ2v) is 7.06. The highest BCUT2D eigenvalue weighted by Crippen LogP contribution is 2.27. The number of nitrogens with one attached hydrogen (secondary N) is 1. The average Bonchev–Trinajstić information content (AvgIpc) is 2.43. The summed E-state index contributed by atoms with van der Waals surface area (Å²) in [6.07, 6.45) is 0. The topological polar surface area (TPSA) is 55.4 Å². The molecular formula is C15H16BrNO3S. The van der Waals surface area contributed by atoms with Gasteiger partial charge in [-0.15, -0.1) is 0 Å². The van der Waals surface area contributed by atoms with E-state index in [1.54, 1.807) is 36.4 Å². The third-order valence-electron chi connectivity index (χ3n) is 2.79. The lowest BCUT2D eigenvalue weighted by molar-refractivity contribution is 0.331. The van der Waals surface area contributed by atoms with Crippen LogP contribution in [0.1, 0.15) is 12.5 Å². The fraction of sp³-hybridized carbons (Fsp3) is 0.200. The van der Waals surface area contributed by atoms with Crippen LogP contribution in [-0.4, -0.2) is 15.0 Å². The van der Waals surface area contributed by atoms with Crippen molar-refractivity contribution in [2.45, 2.75) is 18.7 Å². The molecule has 0 saturated heterocycles. The molecule has 0 aliphatic heterocycles. The fourth-order valence-corrected chi connectivity index (χ4v) is 3.38. The summed E-state index contributed by atoms with van der Waals surface area (Å²) < 4.78 is 33.9. The molecule has 0 aromatic heterocycles.